The van der Waals surface area contributed by atoms with E-state index in [9.17, 15) is 9.90 Å². The van der Waals surface area contributed by atoms with Gasteiger partial charge in [-0.1, -0.05) is 42.5 Å². The number of aliphatic hydroxyl groups excluding tert-OH is 1. The fourth-order valence-electron chi connectivity index (χ4n) is 5.33. The molecule has 1 aliphatic carbocycles. The summed E-state index contributed by atoms with van der Waals surface area (Å²) >= 11 is 0. The SMILES string of the molecule is O=C(COc1ccccc1)N[C@@H]1c2ccccc2C2(CCN(Cc3ccncc3)CC2)[C@H]1O. The van der Waals surface area contributed by atoms with E-state index in [1.165, 1.54) is 5.56 Å². The summed E-state index contributed by atoms with van der Waals surface area (Å²) in [5, 5.41) is 14.6. The molecule has 0 saturated carbocycles. The summed E-state index contributed by atoms with van der Waals surface area (Å²) < 4.78 is 5.60. The second-order valence-corrected chi connectivity index (χ2v) is 8.97. The van der Waals surface area contributed by atoms with Gasteiger partial charge >= 0.3 is 0 Å². The van der Waals surface area contributed by atoms with E-state index in [0.717, 1.165) is 43.6 Å². The second-order valence-electron chi connectivity index (χ2n) is 8.97. The Morgan fingerprint density at radius 2 is 1.73 bits per heavy atom. The Balaban J connectivity index is 1.27. The van der Waals surface area contributed by atoms with Gasteiger partial charge in [-0.15, -0.1) is 0 Å². The standard InChI is InChI=1S/C27H29N3O3/c31-24(19-33-21-6-2-1-3-7-21)29-25-22-8-4-5-9-23(22)27(26(25)32)12-16-30(17-13-27)18-20-10-14-28-15-11-20/h1-11,14-15,25-26,32H,12-13,16-19H2,(H,29,31)/t25-,26+/m1/s1. The van der Waals surface area contributed by atoms with Gasteiger partial charge < -0.3 is 15.2 Å². The van der Waals surface area contributed by atoms with Crippen molar-refractivity contribution in [2.75, 3.05) is 19.7 Å². The molecule has 6 heteroatoms. The molecule has 2 aliphatic rings. The summed E-state index contributed by atoms with van der Waals surface area (Å²) in [5.74, 6) is 0.419. The fraction of sp³-hybridized carbons (Fsp3) is 0.333. The first-order valence-corrected chi connectivity index (χ1v) is 11.5. The molecule has 1 aromatic heterocycles. The van der Waals surface area contributed by atoms with Crippen LogP contribution in [-0.2, 0) is 16.8 Å². The number of para-hydroxylation sites is 1. The van der Waals surface area contributed by atoms with E-state index >= 15 is 0 Å². The maximum atomic E-state index is 12.7. The van der Waals surface area contributed by atoms with Gasteiger partial charge in [-0.2, -0.15) is 0 Å². The van der Waals surface area contributed by atoms with Crippen molar-refractivity contribution in [2.45, 2.75) is 36.9 Å². The van der Waals surface area contributed by atoms with Crippen LogP contribution in [0.25, 0.3) is 0 Å². The quantitative estimate of drug-likeness (QED) is 0.612. The first kappa shape index (κ1) is 21.6. The smallest absolute Gasteiger partial charge is 0.258 e. The molecule has 0 unspecified atom stereocenters. The number of carbonyl (C=O) groups excluding carboxylic acids is 1. The highest BCUT2D eigenvalue weighted by Gasteiger charge is 2.52. The van der Waals surface area contributed by atoms with Crippen molar-refractivity contribution in [3.8, 4) is 5.75 Å². The van der Waals surface area contributed by atoms with E-state index in [0.29, 0.717) is 5.75 Å². The topological polar surface area (TPSA) is 74.7 Å². The molecule has 3 aromatic rings. The largest absolute Gasteiger partial charge is 0.484 e. The van der Waals surface area contributed by atoms with Gasteiger partial charge in [0.05, 0.1) is 12.1 Å². The van der Waals surface area contributed by atoms with Crippen LogP contribution in [0.1, 0.15) is 35.6 Å². The number of likely N-dealkylation sites (tertiary alicyclic amines) is 1. The van der Waals surface area contributed by atoms with Gasteiger partial charge in [-0.25, -0.2) is 0 Å². The fourth-order valence-corrected chi connectivity index (χ4v) is 5.33. The normalized spacial score (nSPS) is 21.5. The predicted molar refractivity (Wildman–Crippen MR) is 126 cm³/mol. The van der Waals surface area contributed by atoms with Gasteiger partial charge in [-0.05, 0) is 66.9 Å². The average molecular weight is 444 g/mol. The van der Waals surface area contributed by atoms with Crippen LogP contribution in [0, 0.1) is 0 Å². The Morgan fingerprint density at radius 3 is 2.48 bits per heavy atom. The molecule has 2 N–H and O–H groups in total. The number of carbonyl (C=O) groups is 1. The number of nitrogens with one attached hydrogen (secondary N) is 1. The number of nitrogens with zero attached hydrogens (tertiary/aromatic N) is 2. The van der Waals surface area contributed by atoms with Crippen LogP contribution in [0.2, 0.25) is 0 Å². The molecule has 0 radical (unpaired) electrons. The summed E-state index contributed by atoms with van der Waals surface area (Å²) in [7, 11) is 0. The number of aromatic nitrogens is 1. The molecular weight excluding hydrogens is 414 g/mol. The lowest BCUT2D eigenvalue weighted by molar-refractivity contribution is -0.125. The average Bonchev–Trinajstić information content (AvgIpc) is 3.08. The van der Waals surface area contributed by atoms with Crippen molar-refractivity contribution in [3.05, 3.63) is 95.8 Å². The molecule has 1 aliphatic heterocycles. The van der Waals surface area contributed by atoms with Crippen LogP contribution in [0.5, 0.6) is 5.75 Å². The summed E-state index contributed by atoms with van der Waals surface area (Å²) in [6, 6.07) is 21.1. The number of piperidine rings is 1. The van der Waals surface area contributed by atoms with Crippen LogP contribution in [-0.4, -0.2) is 46.7 Å². The molecule has 33 heavy (non-hydrogen) atoms. The zero-order valence-corrected chi connectivity index (χ0v) is 18.6. The molecular formula is C27H29N3O3. The number of pyridine rings is 1. The summed E-state index contributed by atoms with van der Waals surface area (Å²) in [6.45, 7) is 2.59. The Morgan fingerprint density at radius 1 is 1.03 bits per heavy atom. The van der Waals surface area contributed by atoms with Gasteiger partial charge in [0, 0.05) is 24.4 Å². The molecule has 0 bridgehead atoms. The number of ether oxygens (including phenoxy) is 1. The molecule has 2 atom stereocenters. The van der Waals surface area contributed by atoms with Crippen molar-refractivity contribution < 1.29 is 14.6 Å². The lowest BCUT2D eigenvalue weighted by Gasteiger charge is -2.42. The van der Waals surface area contributed by atoms with Crippen molar-refractivity contribution in [1.82, 2.24) is 15.2 Å². The lowest BCUT2D eigenvalue weighted by atomic mass is 9.72. The Bertz CT molecular complexity index is 1080. The highest BCUT2D eigenvalue weighted by Crippen LogP contribution is 2.51. The molecule has 1 fully saturated rings. The van der Waals surface area contributed by atoms with E-state index in [-0.39, 0.29) is 17.9 Å². The van der Waals surface area contributed by atoms with E-state index in [4.69, 9.17) is 4.74 Å². The number of hydrogen-bond donors (Lipinski definition) is 2. The van der Waals surface area contributed by atoms with Crippen molar-refractivity contribution >= 4 is 5.91 Å². The molecule has 1 spiro atoms. The van der Waals surface area contributed by atoms with Gasteiger partial charge in [0.25, 0.3) is 5.91 Å². The molecule has 1 saturated heterocycles. The van der Waals surface area contributed by atoms with Gasteiger partial charge in [0.2, 0.25) is 0 Å². The lowest BCUT2D eigenvalue weighted by Crippen LogP contribution is -2.49. The zero-order valence-electron chi connectivity index (χ0n) is 18.6. The van der Waals surface area contributed by atoms with Crippen LogP contribution >= 0.6 is 0 Å². The molecule has 1 amide bonds. The van der Waals surface area contributed by atoms with Gasteiger partial charge in [-0.3, -0.25) is 14.7 Å². The molecule has 2 aromatic carbocycles. The monoisotopic (exact) mass is 443 g/mol. The number of hydrogen-bond acceptors (Lipinski definition) is 5. The third-order valence-electron chi connectivity index (χ3n) is 7.05. The van der Waals surface area contributed by atoms with Crippen molar-refractivity contribution in [1.29, 1.82) is 0 Å². The first-order chi connectivity index (χ1) is 16.2. The number of amides is 1. The Labute approximate surface area is 194 Å². The van der Waals surface area contributed by atoms with Crippen LogP contribution in [0.4, 0.5) is 0 Å². The zero-order chi connectivity index (χ0) is 22.7. The Hall–Kier alpha value is -3.22. The van der Waals surface area contributed by atoms with E-state index < -0.39 is 12.1 Å². The maximum Gasteiger partial charge on any atom is 0.258 e. The molecule has 2 heterocycles. The minimum absolute atomic E-state index is 0.0812. The number of rotatable bonds is 6. The summed E-state index contributed by atoms with van der Waals surface area (Å²) in [5.41, 5.74) is 3.08. The van der Waals surface area contributed by atoms with E-state index in [1.807, 2.05) is 73.1 Å². The second kappa shape index (κ2) is 9.33. The predicted octanol–water partition coefficient (Wildman–Crippen LogP) is 3.23. The van der Waals surface area contributed by atoms with Crippen molar-refractivity contribution in [3.63, 3.8) is 0 Å². The third kappa shape index (κ3) is 4.36. The van der Waals surface area contributed by atoms with E-state index in [2.05, 4.69) is 21.3 Å². The van der Waals surface area contributed by atoms with Crippen LogP contribution < -0.4 is 10.1 Å². The van der Waals surface area contributed by atoms with Gasteiger partial charge in [0.15, 0.2) is 6.61 Å². The minimum Gasteiger partial charge on any atom is -0.484 e. The maximum absolute atomic E-state index is 12.7. The first-order valence-electron chi connectivity index (χ1n) is 11.5. The van der Waals surface area contributed by atoms with E-state index in [1.54, 1.807) is 0 Å². The van der Waals surface area contributed by atoms with Crippen molar-refractivity contribution in [2.24, 2.45) is 0 Å². The highest BCUT2D eigenvalue weighted by atomic mass is 16.5. The highest BCUT2D eigenvalue weighted by molar-refractivity contribution is 5.78. The number of aliphatic hydroxyl groups is 1. The van der Waals surface area contributed by atoms with Crippen LogP contribution in [0.3, 0.4) is 0 Å². The summed E-state index contributed by atoms with van der Waals surface area (Å²) in [6.07, 6.45) is 4.68. The number of fused-ring (bicyclic) bond motifs is 2. The Kier molecular flexibility index (Phi) is 6.11. The van der Waals surface area contributed by atoms with Crippen LogP contribution in [0.15, 0.2) is 79.1 Å². The molecule has 170 valence electrons. The summed E-state index contributed by atoms with van der Waals surface area (Å²) in [4.78, 5) is 19.2. The minimum atomic E-state index is -0.668. The molecule has 6 nitrogen and oxygen atoms in total. The molecule has 5 rings (SSSR count). The number of benzene rings is 2. The third-order valence-corrected chi connectivity index (χ3v) is 7.05. The van der Waals surface area contributed by atoms with Gasteiger partial charge in [0.1, 0.15) is 5.75 Å².